The molecule has 6 heteroatoms. The molecule has 0 bridgehead atoms. The van der Waals surface area contributed by atoms with Gasteiger partial charge in [0.2, 0.25) is 0 Å². The van der Waals surface area contributed by atoms with Gasteiger partial charge in [0.15, 0.2) is 5.96 Å². The molecular weight excluding hydrogens is 160 g/mol. The molecule has 1 rings (SSSR count). The zero-order valence-corrected chi connectivity index (χ0v) is 6.53. The number of rotatable bonds is 2. The van der Waals surface area contributed by atoms with Gasteiger partial charge in [0, 0.05) is 6.54 Å². The minimum absolute atomic E-state index is 0.267. The Bertz CT molecular complexity index is 216. The molecule has 0 amide bonds. The van der Waals surface area contributed by atoms with Crippen molar-refractivity contribution < 1.29 is 9.90 Å². The molecule has 6 N–H and O–H groups in total. The fourth-order valence-electron chi connectivity index (χ4n) is 1.07. The first kappa shape index (κ1) is 8.79. The maximum atomic E-state index is 10.5. The van der Waals surface area contributed by atoms with Crippen LogP contribution in [0.15, 0.2) is 4.99 Å². The molecule has 0 aliphatic carbocycles. The predicted molar refractivity (Wildman–Crippen MR) is 43.6 cm³/mol. The number of nitrogens with two attached hydrogens (primary N) is 2. The normalized spacial score (nSPS) is 25.4. The molecule has 0 aromatic heterocycles. The van der Waals surface area contributed by atoms with Gasteiger partial charge in [0.05, 0.1) is 6.04 Å². The van der Waals surface area contributed by atoms with Gasteiger partial charge >= 0.3 is 5.97 Å². The molecule has 0 spiro atoms. The number of guanidine groups is 1. The number of aliphatic imine (C=N–C) groups is 1. The van der Waals surface area contributed by atoms with Gasteiger partial charge in [0.25, 0.3) is 0 Å². The van der Waals surface area contributed by atoms with Crippen molar-refractivity contribution in [2.45, 2.75) is 18.5 Å². The van der Waals surface area contributed by atoms with Gasteiger partial charge in [-0.2, -0.15) is 0 Å². The van der Waals surface area contributed by atoms with Gasteiger partial charge in [-0.25, -0.2) is 0 Å². The van der Waals surface area contributed by atoms with E-state index in [1.54, 1.807) is 0 Å². The highest BCUT2D eigenvalue weighted by atomic mass is 16.4. The van der Waals surface area contributed by atoms with Crippen molar-refractivity contribution in [2.75, 3.05) is 6.54 Å². The second kappa shape index (κ2) is 3.40. The van der Waals surface area contributed by atoms with E-state index in [9.17, 15) is 4.79 Å². The standard InChI is InChI=1S/C6H12N4O2/c7-4(5(11)12)3-1-2-9-6(8)10-3/h3-4H,1-2,7H2,(H,11,12)(H3,8,9,10)/t3?,4-/m0/s1. The first-order valence-electron chi connectivity index (χ1n) is 3.66. The average Bonchev–Trinajstić information content (AvgIpc) is 2.03. The van der Waals surface area contributed by atoms with Crippen molar-refractivity contribution in [1.82, 2.24) is 5.32 Å². The summed E-state index contributed by atoms with van der Waals surface area (Å²) in [6.07, 6.45) is 0.605. The van der Waals surface area contributed by atoms with E-state index in [4.69, 9.17) is 16.6 Å². The maximum Gasteiger partial charge on any atom is 0.322 e. The second-order valence-electron chi connectivity index (χ2n) is 2.67. The molecule has 0 saturated carbocycles. The molecule has 0 saturated heterocycles. The summed E-state index contributed by atoms with van der Waals surface area (Å²) in [5.41, 5.74) is 10.7. The zero-order chi connectivity index (χ0) is 9.14. The molecule has 12 heavy (non-hydrogen) atoms. The number of nitrogens with one attached hydrogen (secondary N) is 1. The van der Waals surface area contributed by atoms with E-state index in [2.05, 4.69) is 10.3 Å². The third-order valence-electron chi connectivity index (χ3n) is 1.77. The summed E-state index contributed by atoms with van der Waals surface area (Å²) < 4.78 is 0. The summed E-state index contributed by atoms with van der Waals surface area (Å²) in [6, 6.07) is -1.22. The van der Waals surface area contributed by atoms with Crippen LogP contribution in [0.3, 0.4) is 0 Å². The SMILES string of the molecule is NC1=NCCC([C@H](N)C(=O)O)N1. The number of carbonyl (C=O) groups is 1. The third kappa shape index (κ3) is 1.85. The molecule has 0 radical (unpaired) electrons. The highest BCUT2D eigenvalue weighted by Crippen LogP contribution is 2.01. The lowest BCUT2D eigenvalue weighted by Crippen LogP contribution is -2.55. The Morgan fingerprint density at radius 3 is 3.00 bits per heavy atom. The summed E-state index contributed by atoms with van der Waals surface area (Å²) in [6.45, 7) is 0.532. The fourth-order valence-corrected chi connectivity index (χ4v) is 1.07. The van der Waals surface area contributed by atoms with Gasteiger partial charge in [-0.1, -0.05) is 0 Å². The number of hydrogen-bond donors (Lipinski definition) is 4. The molecule has 0 aromatic rings. The molecule has 0 aromatic carbocycles. The van der Waals surface area contributed by atoms with Crippen molar-refractivity contribution >= 4 is 11.9 Å². The molecule has 0 fully saturated rings. The van der Waals surface area contributed by atoms with Crippen LogP contribution in [0.5, 0.6) is 0 Å². The Balaban J connectivity index is 2.54. The van der Waals surface area contributed by atoms with E-state index in [-0.39, 0.29) is 12.0 Å². The first-order chi connectivity index (χ1) is 5.61. The van der Waals surface area contributed by atoms with Gasteiger partial charge in [-0.3, -0.25) is 9.79 Å². The zero-order valence-electron chi connectivity index (χ0n) is 6.53. The smallest absolute Gasteiger partial charge is 0.322 e. The van der Waals surface area contributed by atoms with Crippen molar-refractivity contribution in [3.05, 3.63) is 0 Å². The summed E-state index contributed by atoms with van der Waals surface area (Å²) in [5, 5.41) is 11.3. The van der Waals surface area contributed by atoms with E-state index in [0.29, 0.717) is 13.0 Å². The third-order valence-corrected chi connectivity index (χ3v) is 1.77. The summed E-state index contributed by atoms with van der Waals surface area (Å²) in [7, 11) is 0. The van der Waals surface area contributed by atoms with Gasteiger partial charge < -0.3 is 21.9 Å². The Labute approximate surface area is 69.6 Å². The lowest BCUT2D eigenvalue weighted by Gasteiger charge is -2.25. The number of carboxylic acid groups (broad SMARTS) is 1. The van der Waals surface area contributed by atoms with E-state index in [0.717, 1.165) is 0 Å². The Hall–Kier alpha value is -1.30. The largest absolute Gasteiger partial charge is 0.480 e. The summed E-state index contributed by atoms with van der Waals surface area (Å²) in [4.78, 5) is 14.3. The van der Waals surface area contributed by atoms with E-state index < -0.39 is 12.0 Å². The van der Waals surface area contributed by atoms with Crippen LogP contribution in [0.25, 0.3) is 0 Å². The van der Waals surface area contributed by atoms with Crippen LogP contribution in [0, 0.1) is 0 Å². The van der Waals surface area contributed by atoms with Crippen molar-refractivity contribution in [1.29, 1.82) is 0 Å². The lowest BCUT2D eigenvalue weighted by molar-refractivity contribution is -0.139. The maximum absolute atomic E-state index is 10.5. The van der Waals surface area contributed by atoms with Crippen LogP contribution in [0.1, 0.15) is 6.42 Å². The van der Waals surface area contributed by atoms with Crippen molar-refractivity contribution in [3.63, 3.8) is 0 Å². The summed E-state index contributed by atoms with van der Waals surface area (Å²) >= 11 is 0. The van der Waals surface area contributed by atoms with Crippen LogP contribution in [0.2, 0.25) is 0 Å². The highest BCUT2D eigenvalue weighted by Gasteiger charge is 2.25. The quantitative estimate of drug-likeness (QED) is 0.387. The molecule has 2 atom stereocenters. The van der Waals surface area contributed by atoms with Gasteiger partial charge in [-0.05, 0) is 6.42 Å². The van der Waals surface area contributed by atoms with Crippen molar-refractivity contribution in [3.8, 4) is 0 Å². The van der Waals surface area contributed by atoms with Crippen LogP contribution in [0.4, 0.5) is 0 Å². The molecule has 1 unspecified atom stereocenters. The number of nitrogens with zero attached hydrogens (tertiary/aromatic N) is 1. The average molecular weight is 172 g/mol. The Morgan fingerprint density at radius 2 is 2.50 bits per heavy atom. The number of hydrogen-bond acceptors (Lipinski definition) is 5. The van der Waals surface area contributed by atoms with E-state index >= 15 is 0 Å². The van der Waals surface area contributed by atoms with Crippen molar-refractivity contribution in [2.24, 2.45) is 16.5 Å². The molecule has 68 valence electrons. The van der Waals surface area contributed by atoms with Crippen LogP contribution >= 0.6 is 0 Å². The van der Waals surface area contributed by atoms with Crippen LogP contribution in [-0.4, -0.2) is 35.7 Å². The van der Waals surface area contributed by atoms with Crippen LogP contribution < -0.4 is 16.8 Å². The first-order valence-corrected chi connectivity index (χ1v) is 3.66. The van der Waals surface area contributed by atoms with Crippen LogP contribution in [-0.2, 0) is 4.79 Å². The second-order valence-corrected chi connectivity index (χ2v) is 2.67. The lowest BCUT2D eigenvalue weighted by atomic mass is 10.1. The van der Waals surface area contributed by atoms with E-state index in [1.165, 1.54) is 0 Å². The number of carboxylic acids is 1. The Kier molecular flexibility index (Phi) is 2.49. The minimum Gasteiger partial charge on any atom is -0.480 e. The minimum atomic E-state index is -1.03. The monoisotopic (exact) mass is 172 g/mol. The summed E-state index contributed by atoms with van der Waals surface area (Å²) in [5.74, 6) is -0.759. The topological polar surface area (TPSA) is 114 Å². The molecule has 1 heterocycles. The Morgan fingerprint density at radius 1 is 1.83 bits per heavy atom. The molecule has 1 aliphatic rings. The highest BCUT2D eigenvalue weighted by molar-refractivity contribution is 5.81. The molecular formula is C6H12N4O2. The fraction of sp³-hybridized carbons (Fsp3) is 0.667. The van der Waals surface area contributed by atoms with E-state index in [1.807, 2.05) is 0 Å². The van der Waals surface area contributed by atoms with Gasteiger partial charge in [-0.15, -0.1) is 0 Å². The predicted octanol–water partition coefficient (Wildman–Crippen LogP) is -1.93. The molecule has 1 aliphatic heterocycles. The molecule has 6 nitrogen and oxygen atoms in total. The van der Waals surface area contributed by atoms with Gasteiger partial charge in [0.1, 0.15) is 6.04 Å². The number of aliphatic carboxylic acids is 1.